The molecule has 0 saturated heterocycles. The van der Waals surface area contributed by atoms with Gasteiger partial charge in [-0.25, -0.2) is 8.78 Å². The van der Waals surface area contributed by atoms with E-state index in [0.29, 0.717) is 23.8 Å². The first-order valence-electron chi connectivity index (χ1n) is 5.60. The summed E-state index contributed by atoms with van der Waals surface area (Å²) >= 11 is 1.42. The smallest absolute Gasteiger partial charge is 0.270 e. The molecule has 0 fully saturated rings. The Morgan fingerprint density at radius 2 is 2.32 bits per heavy atom. The number of thiophene rings is 1. The molecule has 0 unspecified atom stereocenters. The molecule has 2 aromatic heterocycles. The van der Waals surface area contributed by atoms with Crippen LogP contribution in [0.3, 0.4) is 0 Å². The molecule has 2 N–H and O–H groups in total. The number of halogens is 2. The van der Waals surface area contributed by atoms with Crippen LogP contribution in [0.2, 0.25) is 0 Å². The summed E-state index contributed by atoms with van der Waals surface area (Å²) in [5, 5.41) is 5.66. The molecule has 0 aliphatic carbocycles. The van der Waals surface area contributed by atoms with Crippen molar-refractivity contribution in [3.8, 4) is 10.8 Å². The maximum atomic E-state index is 11.8. The van der Waals surface area contributed by atoms with Gasteiger partial charge in [-0.15, -0.1) is 11.3 Å². The van der Waals surface area contributed by atoms with Gasteiger partial charge < -0.3 is 15.0 Å². The number of aromatic nitrogens is 2. The molecule has 0 saturated carbocycles. The Hall–Kier alpha value is -1.54. The fraction of sp³-hybridized carbons (Fsp3) is 0.455. The van der Waals surface area contributed by atoms with E-state index in [-0.39, 0.29) is 6.61 Å². The molecule has 0 amide bonds. The lowest BCUT2D eigenvalue weighted by atomic mass is 10.3. The number of hydrogen-bond acceptors (Lipinski definition) is 6. The van der Waals surface area contributed by atoms with Crippen LogP contribution in [-0.2, 0) is 11.2 Å². The fourth-order valence-electron chi connectivity index (χ4n) is 1.40. The quantitative estimate of drug-likeness (QED) is 0.827. The number of aryl methyl sites for hydroxylation is 1. The zero-order valence-electron chi connectivity index (χ0n) is 10.2. The second kappa shape index (κ2) is 6.07. The lowest BCUT2D eigenvalue weighted by molar-refractivity contribution is 0.0182. The Morgan fingerprint density at radius 1 is 1.53 bits per heavy atom. The van der Waals surface area contributed by atoms with E-state index in [1.165, 1.54) is 11.3 Å². The molecular formula is C11H13F2N3O2S. The standard InChI is InChI=1S/C11H13F2N3O2S/c1-6-5-19-10(9(6)14)11-15-8(16-18-11)2-3-17-4-7(12)13/h5,7H,2-4,14H2,1H3. The maximum absolute atomic E-state index is 11.8. The van der Waals surface area contributed by atoms with Crippen molar-refractivity contribution in [1.29, 1.82) is 0 Å². The minimum atomic E-state index is -2.46. The molecule has 104 valence electrons. The van der Waals surface area contributed by atoms with Crippen molar-refractivity contribution >= 4 is 17.0 Å². The Balaban J connectivity index is 1.94. The normalized spacial score (nSPS) is 11.4. The Morgan fingerprint density at radius 3 is 2.95 bits per heavy atom. The first kappa shape index (κ1) is 13.9. The molecule has 0 aromatic carbocycles. The second-order valence-electron chi connectivity index (χ2n) is 3.89. The first-order chi connectivity index (χ1) is 9.08. The number of nitrogens with two attached hydrogens (primary N) is 1. The van der Waals surface area contributed by atoms with E-state index in [4.69, 9.17) is 15.0 Å². The van der Waals surface area contributed by atoms with Gasteiger partial charge in [0.15, 0.2) is 5.82 Å². The van der Waals surface area contributed by atoms with E-state index in [2.05, 4.69) is 10.1 Å². The van der Waals surface area contributed by atoms with Crippen molar-refractivity contribution in [1.82, 2.24) is 10.1 Å². The van der Waals surface area contributed by atoms with Gasteiger partial charge in [0.25, 0.3) is 12.3 Å². The molecule has 0 aliphatic rings. The van der Waals surface area contributed by atoms with Crippen LogP contribution < -0.4 is 5.73 Å². The summed E-state index contributed by atoms with van der Waals surface area (Å²) in [6.45, 7) is 1.44. The highest BCUT2D eigenvalue weighted by atomic mass is 32.1. The van der Waals surface area contributed by atoms with Gasteiger partial charge >= 0.3 is 0 Å². The summed E-state index contributed by atoms with van der Waals surface area (Å²) < 4.78 is 33.5. The predicted molar refractivity (Wildman–Crippen MR) is 67.3 cm³/mol. The molecular weight excluding hydrogens is 276 g/mol. The second-order valence-corrected chi connectivity index (χ2v) is 4.77. The van der Waals surface area contributed by atoms with Crippen molar-refractivity contribution in [2.24, 2.45) is 0 Å². The highest BCUT2D eigenvalue weighted by Gasteiger charge is 2.15. The van der Waals surface area contributed by atoms with Gasteiger partial charge in [-0.05, 0) is 17.9 Å². The van der Waals surface area contributed by atoms with E-state index in [1.54, 1.807) is 0 Å². The molecule has 19 heavy (non-hydrogen) atoms. The molecule has 0 radical (unpaired) electrons. The molecule has 0 bridgehead atoms. The van der Waals surface area contributed by atoms with Gasteiger partial charge in [0.2, 0.25) is 0 Å². The fourth-order valence-corrected chi connectivity index (χ4v) is 2.30. The van der Waals surface area contributed by atoms with Crippen LogP contribution in [-0.4, -0.2) is 29.8 Å². The molecule has 2 aromatic rings. The predicted octanol–water partition coefficient (Wildman–Crippen LogP) is 2.51. The highest BCUT2D eigenvalue weighted by molar-refractivity contribution is 7.14. The minimum absolute atomic E-state index is 0.127. The van der Waals surface area contributed by atoms with Crippen LogP contribution in [0.5, 0.6) is 0 Å². The third-order valence-corrected chi connectivity index (χ3v) is 3.50. The van der Waals surface area contributed by atoms with Crippen molar-refractivity contribution in [3.05, 3.63) is 16.8 Å². The van der Waals surface area contributed by atoms with Gasteiger partial charge in [-0.2, -0.15) is 4.98 Å². The summed E-state index contributed by atoms with van der Waals surface area (Å²) in [6, 6.07) is 0. The Labute approximate surface area is 112 Å². The van der Waals surface area contributed by atoms with Crippen LogP contribution in [0.4, 0.5) is 14.5 Å². The number of nitrogen functional groups attached to an aromatic ring is 1. The van der Waals surface area contributed by atoms with Crippen LogP contribution in [0, 0.1) is 6.92 Å². The number of alkyl halides is 2. The zero-order valence-corrected chi connectivity index (χ0v) is 11.0. The molecule has 0 spiro atoms. The van der Waals surface area contributed by atoms with Crippen molar-refractivity contribution < 1.29 is 18.0 Å². The first-order valence-corrected chi connectivity index (χ1v) is 6.48. The van der Waals surface area contributed by atoms with E-state index in [1.807, 2.05) is 12.3 Å². The van der Waals surface area contributed by atoms with Crippen molar-refractivity contribution in [2.45, 2.75) is 19.8 Å². The van der Waals surface area contributed by atoms with Crippen LogP contribution in [0.1, 0.15) is 11.4 Å². The highest BCUT2D eigenvalue weighted by Crippen LogP contribution is 2.33. The van der Waals surface area contributed by atoms with Crippen molar-refractivity contribution in [3.63, 3.8) is 0 Å². The third kappa shape index (κ3) is 3.48. The topological polar surface area (TPSA) is 74.2 Å². The summed E-state index contributed by atoms with van der Waals surface area (Å²) in [4.78, 5) is 4.88. The zero-order chi connectivity index (χ0) is 13.8. The van der Waals surface area contributed by atoms with E-state index >= 15 is 0 Å². The largest absolute Gasteiger partial charge is 0.397 e. The molecule has 5 nitrogen and oxygen atoms in total. The number of nitrogens with zero attached hydrogens (tertiary/aromatic N) is 2. The SMILES string of the molecule is Cc1csc(-c2nc(CCOCC(F)F)no2)c1N. The van der Waals surface area contributed by atoms with Gasteiger partial charge in [0, 0.05) is 6.42 Å². The van der Waals surface area contributed by atoms with E-state index in [0.717, 1.165) is 10.4 Å². The lowest BCUT2D eigenvalue weighted by Gasteiger charge is -1.99. The van der Waals surface area contributed by atoms with E-state index < -0.39 is 13.0 Å². The molecule has 8 heteroatoms. The number of ether oxygens (including phenoxy) is 1. The summed E-state index contributed by atoms with van der Waals surface area (Å²) in [5.74, 6) is 0.758. The summed E-state index contributed by atoms with van der Waals surface area (Å²) in [7, 11) is 0. The van der Waals surface area contributed by atoms with Gasteiger partial charge in [-0.1, -0.05) is 5.16 Å². The average molecular weight is 289 g/mol. The van der Waals surface area contributed by atoms with Crippen LogP contribution in [0.15, 0.2) is 9.90 Å². The Bertz CT molecular complexity index is 542. The Kier molecular flexibility index (Phi) is 4.43. The van der Waals surface area contributed by atoms with Gasteiger partial charge in [0.05, 0.1) is 12.3 Å². The maximum Gasteiger partial charge on any atom is 0.270 e. The number of rotatable bonds is 6. The summed E-state index contributed by atoms with van der Waals surface area (Å²) in [5.41, 5.74) is 7.45. The monoisotopic (exact) mass is 289 g/mol. The molecule has 0 atom stereocenters. The number of anilines is 1. The van der Waals surface area contributed by atoms with Crippen molar-refractivity contribution in [2.75, 3.05) is 18.9 Å². The molecule has 2 heterocycles. The lowest BCUT2D eigenvalue weighted by Crippen LogP contribution is -2.07. The van der Waals surface area contributed by atoms with E-state index in [9.17, 15) is 8.78 Å². The van der Waals surface area contributed by atoms with Gasteiger partial charge in [0.1, 0.15) is 11.5 Å². The summed E-state index contributed by atoms with van der Waals surface area (Å²) in [6.07, 6.45) is -2.14. The molecule has 0 aliphatic heterocycles. The third-order valence-electron chi connectivity index (χ3n) is 2.40. The van der Waals surface area contributed by atoms with Crippen LogP contribution in [0.25, 0.3) is 10.8 Å². The number of hydrogen-bond donors (Lipinski definition) is 1. The average Bonchev–Trinajstić information content (AvgIpc) is 2.94. The van der Waals surface area contributed by atoms with Gasteiger partial charge in [-0.3, -0.25) is 0 Å². The van der Waals surface area contributed by atoms with Crippen LogP contribution >= 0.6 is 11.3 Å². The minimum Gasteiger partial charge on any atom is -0.397 e. The molecule has 2 rings (SSSR count).